The average molecular weight is 605 g/mol. The normalized spacial score (nSPS) is 13.1. The summed E-state index contributed by atoms with van der Waals surface area (Å²) >= 11 is 0. The standard InChI is InChI=1S/C33H56N2O4SSi/c1-12-14-22-33(23-15-13-2,26-39-41(10,11)32(3,4)5)35(8)40(36,37)31-21-18-29(34(6)7)25-28(31)24-27-16-19-30(38-9)20-17-27/h16-21,25H,12-15,22-24,26H2,1-11H3. The smallest absolute Gasteiger partial charge is 0.243 e. The minimum Gasteiger partial charge on any atom is -0.497 e. The summed E-state index contributed by atoms with van der Waals surface area (Å²) in [6.45, 7) is 16.0. The maximum absolute atomic E-state index is 14.7. The summed E-state index contributed by atoms with van der Waals surface area (Å²) in [4.78, 5) is 2.38. The summed E-state index contributed by atoms with van der Waals surface area (Å²) in [5.41, 5.74) is 2.18. The van der Waals surface area contributed by atoms with Crippen molar-refractivity contribution in [1.29, 1.82) is 0 Å². The number of benzene rings is 2. The van der Waals surface area contributed by atoms with Crippen LogP contribution in [0.3, 0.4) is 0 Å². The molecule has 0 bridgehead atoms. The number of rotatable bonds is 16. The van der Waals surface area contributed by atoms with E-state index in [1.807, 2.05) is 55.4 Å². The Morgan fingerprint density at radius 2 is 1.44 bits per heavy atom. The molecule has 2 aromatic rings. The van der Waals surface area contributed by atoms with Crippen molar-refractivity contribution in [3.05, 3.63) is 53.6 Å². The first kappa shape index (κ1) is 35.3. The van der Waals surface area contributed by atoms with E-state index in [2.05, 4.69) is 47.7 Å². The Morgan fingerprint density at radius 3 is 1.90 bits per heavy atom. The highest BCUT2D eigenvalue weighted by Gasteiger charge is 2.45. The van der Waals surface area contributed by atoms with E-state index in [0.29, 0.717) is 17.9 Å². The molecule has 0 aliphatic rings. The molecule has 2 rings (SSSR count). The van der Waals surface area contributed by atoms with Gasteiger partial charge in [0.2, 0.25) is 10.0 Å². The first-order chi connectivity index (χ1) is 19.0. The van der Waals surface area contributed by atoms with Gasteiger partial charge in [0, 0.05) is 26.8 Å². The molecule has 0 saturated heterocycles. The van der Waals surface area contributed by atoms with Crippen molar-refractivity contribution in [3.63, 3.8) is 0 Å². The molecule has 0 radical (unpaired) electrons. The number of ether oxygens (including phenoxy) is 1. The second-order valence-electron chi connectivity index (χ2n) is 13.2. The number of methoxy groups -OCH3 is 1. The molecule has 6 nitrogen and oxygen atoms in total. The average Bonchev–Trinajstić information content (AvgIpc) is 2.92. The van der Waals surface area contributed by atoms with E-state index in [-0.39, 0.29) is 5.04 Å². The van der Waals surface area contributed by atoms with Gasteiger partial charge < -0.3 is 14.1 Å². The highest BCUT2D eigenvalue weighted by Crippen LogP contribution is 2.40. The molecule has 0 heterocycles. The zero-order chi connectivity index (χ0) is 31.1. The Bertz CT molecular complexity index is 1200. The lowest BCUT2D eigenvalue weighted by molar-refractivity contribution is 0.0894. The molecule has 0 atom stereocenters. The second kappa shape index (κ2) is 14.5. The molecule has 0 spiro atoms. The van der Waals surface area contributed by atoms with Gasteiger partial charge in [-0.3, -0.25) is 0 Å². The van der Waals surface area contributed by atoms with E-state index in [0.717, 1.165) is 61.1 Å². The van der Waals surface area contributed by atoms with Crippen molar-refractivity contribution in [2.24, 2.45) is 0 Å². The molecule has 0 fully saturated rings. The number of hydrogen-bond donors (Lipinski definition) is 0. The van der Waals surface area contributed by atoms with Crippen molar-refractivity contribution >= 4 is 24.0 Å². The van der Waals surface area contributed by atoms with Gasteiger partial charge in [-0.2, -0.15) is 4.31 Å². The van der Waals surface area contributed by atoms with Crippen LogP contribution in [-0.4, -0.2) is 61.4 Å². The predicted octanol–water partition coefficient (Wildman–Crippen LogP) is 8.11. The topological polar surface area (TPSA) is 59.1 Å². The highest BCUT2D eigenvalue weighted by molar-refractivity contribution is 7.89. The molecule has 0 unspecified atom stereocenters. The fourth-order valence-corrected chi connectivity index (χ4v) is 7.62. The number of anilines is 1. The largest absolute Gasteiger partial charge is 0.497 e. The van der Waals surface area contributed by atoms with Gasteiger partial charge in [0.15, 0.2) is 8.32 Å². The van der Waals surface area contributed by atoms with Gasteiger partial charge >= 0.3 is 0 Å². The lowest BCUT2D eigenvalue weighted by atomic mass is 9.88. The number of likely N-dealkylation sites (N-methyl/N-ethyl adjacent to an activating group) is 1. The van der Waals surface area contributed by atoms with E-state index in [4.69, 9.17) is 9.16 Å². The van der Waals surface area contributed by atoms with Gasteiger partial charge in [0.25, 0.3) is 0 Å². The first-order valence-electron chi connectivity index (χ1n) is 15.1. The number of sulfonamides is 1. The van der Waals surface area contributed by atoms with Gasteiger partial charge in [-0.05, 0) is 78.9 Å². The van der Waals surface area contributed by atoms with Gasteiger partial charge in [0.05, 0.1) is 24.2 Å². The lowest BCUT2D eigenvalue weighted by Crippen LogP contribution is -2.55. The van der Waals surface area contributed by atoms with Crippen LogP contribution < -0.4 is 9.64 Å². The third-order valence-corrected chi connectivity index (χ3v) is 15.5. The quantitative estimate of drug-likeness (QED) is 0.181. The fraction of sp³-hybridized carbons (Fsp3) is 0.636. The Balaban J connectivity index is 2.64. The van der Waals surface area contributed by atoms with Gasteiger partial charge in [-0.25, -0.2) is 8.42 Å². The van der Waals surface area contributed by atoms with Crippen molar-refractivity contribution in [2.75, 3.05) is 39.8 Å². The zero-order valence-electron chi connectivity index (χ0n) is 27.6. The van der Waals surface area contributed by atoms with Crippen LogP contribution in [0.1, 0.15) is 84.3 Å². The lowest BCUT2D eigenvalue weighted by Gasteiger charge is -2.45. The van der Waals surface area contributed by atoms with Crippen LogP contribution in [0.5, 0.6) is 5.75 Å². The second-order valence-corrected chi connectivity index (χ2v) is 19.9. The molecule has 2 aromatic carbocycles. The molecule has 0 aliphatic heterocycles. The zero-order valence-corrected chi connectivity index (χ0v) is 29.5. The maximum atomic E-state index is 14.7. The Kier molecular flexibility index (Phi) is 12.5. The molecule has 0 amide bonds. The summed E-state index contributed by atoms with van der Waals surface area (Å²) in [5, 5.41) is 0.0409. The summed E-state index contributed by atoms with van der Waals surface area (Å²) < 4.78 is 43.2. The molecular weight excluding hydrogens is 549 g/mol. The van der Waals surface area contributed by atoms with Gasteiger partial charge in [-0.15, -0.1) is 0 Å². The van der Waals surface area contributed by atoms with Crippen molar-refractivity contribution in [3.8, 4) is 5.75 Å². The number of unbranched alkanes of at least 4 members (excludes halogenated alkanes) is 2. The van der Waals surface area contributed by atoms with Crippen LogP contribution in [0.25, 0.3) is 0 Å². The van der Waals surface area contributed by atoms with E-state index in [9.17, 15) is 8.42 Å². The monoisotopic (exact) mass is 604 g/mol. The van der Waals surface area contributed by atoms with Crippen LogP contribution >= 0.6 is 0 Å². The minimum atomic E-state index is -3.84. The van der Waals surface area contributed by atoms with E-state index in [1.54, 1.807) is 24.5 Å². The SMILES string of the molecule is CCCCC(CCCC)(CO[Si](C)(C)C(C)(C)C)N(C)S(=O)(=O)c1ccc(N(C)C)cc1Cc1ccc(OC)cc1. The highest BCUT2D eigenvalue weighted by atomic mass is 32.2. The summed E-state index contributed by atoms with van der Waals surface area (Å²) in [6.07, 6.45) is 5.95. The first-order valence-corrected chi connectivity index (χ1v) is 19.5. The Labute approximate surface area is 252 Å². The third kappa shape index (κ3) is 8.82. The van der Waals surface area contributed by atoms with Crippen LogP contribution in [-0.2, 0) is 20.9 Å². The van der Waals surface area contributed by atoms with Crippen molar-refractivity contribution in [1.82, 2.24) is 4.31 Å². The molecular formula is C33H56N2O4SSi. The van der Waals surface area contributed by atoms with Crippen molar-refractivity contribution in [2.45, 2.75) is 108 Å². The third-order valence-electron chi connectivity index (χ3n) is 8.92. The van der Waals surface area contributed by atoms with Crippen LogP contribution in [0, 0.1) is 0 Å². The van der Waals surface area contributed by atoms with Crippen LogP contribution in [0.2, 0.25) is 18.1 Å². The minimum absolute atomic E-state index is 0.0409. The fourth-order valence-electron chi connectivity index (χ4n) is 4.82. The van der Waals surface area contributed by atoms with Crippen LogP contribution in [0.4, 0.5) is 5.69 Å². The number of nitrogens with zero attached hydrogens (tertiary/aromatic N) is 2. The van der Waals surface area contributed by atoms with E-state index < -0.39 is 23.9 Å². The van der Waals surface area contributed by atoms with Crippen molar-refractivity contribution < 1.29 is 17.6 Å². The van der Waals surface area contributed by atoms with Gasteiger partial charge in [0.1, 0.15) is 5.75 Å². The van der Waals surface area contributed by atoms with Crippen LogP contribution in [0.15, 0.2) is 47.4 Å². The molecule has 0 aromatic heterocycles. The summed E-state index contributed by atoms with van der Waals surface area (Å²) in [5.74, 6) is 0.779. The van der Waals surface area contributed by atoms with Gasteiger partial charge in [-0.1, -0.05) is 72.4 Å². The molecule has 0 saturated carbocycles. The molecule has 8 heteroatoms. The number of hydrogen-bond acceptors (Lipinski definition) is 5. The van der Waals surface area contributed by atoms with E-state index >= 15 is 0 Å². The molecule has 41 heavy (non-hydrogen) atoms. The van der Waals surface area contributed by atoms with E-state index in [1.165, 1.54) is 0 Å². The maximum Gasteiger partial charge on any atom is 0.243 e. The predicted molar refractivity (Wildman–Crippen MR) is 176 cm³/mol. The summed E-state index contributed by atoms with van der Waals surface area (Å²) in [6, 6.07) is 13.6. The molecule has 232 valence electrons. The summed E-state index contributed by atoms with van der Waals surface area (Å²) in [7, 11) is 1.44. The molecule has 0 aliphatic carbocycles. The Morgan fingerprint density at radius 1 is 0.878 bits per heavy atom. The Hall–Kier alpha value is -1.87. The molecule has 0 N–H and O–H groups in total.